The summed E-state index contributed by atoms with van der Waals surface area (Å²) in [6.07, 6.45) is 3.49. The topological polar surface area (TPSA) is 97.0 Å². The summed E-state index contributed by atoms with van der Waals surface area (Å²) in [7, 11) is 0. The zero-order valence-corrected chi connectivity index (χ0v) is 13.5. The maximum Gasteiger partial charge on any atom is 0.337 e. The van der Waals surface area contributed by atoms with Gasteiger partial charge in [0.2, 0.25) is 5.91 Å². The van der Waals surface area contributed by atoms with Crippen molar-refractivity contribution >= 4 is 17.6 Å². The van der Waals surface area contributed by atoms with Crippen LogP contribution in [-0.2, 0) is 9.59 Å². The molecule has 0 aliphatic rings. The van der Waals surface area contributed by atoms with Crippen LogP contribution in [0.25, 0.3) is 0 Å². The van der Waals surface area contributed by atoms with E-state index >= 15 is 0 Å². The zero-order chi connectivity index (χ0) is 17.5. The van der Waals surface area contributed by atoms with Gasteiger partial charge < -0.3 is 10.2 Å². The van der Waals surface area contributed by atoms with Gasteiger partial charge in [-0.05, 0) is 31.0 Å². The molecule has 0 saturated heterocycles. The van der Waals surface area contributed by atoms with Crippen LogP contribution in [0, 0.1) is 24.2 Å². The van der Waals surface area contributed by atoms with Gasteiger partial charge in [-0.2, -0.15) is 5.26 Å². The highest BCUT2D eigenvalue weighted by atomic mass is 16.7. The van der Waals surface area contributed by atoms with Crippen LogP contribution in [-0.4, -0.2) is 21.8 Å². The van der Waals surface area contributed by atoms with Gasteiger partial charge in [-0.3, -0.25) is 4.79 Å². The minimum Gasteiger partial charge on any atom is -0.325 e. The van der Waals surface area contributed by atoms with Crippen LogP contribution in [0.5, 0.6) is 0 Å². The fourth-order valence-electron chi connectivity index (χ4n) is 2.09. The molecule has 0 radical (unpaired) electrons. The minimum atomic E-state index is -0.458. The molecule has 2 rings (SSSR count). The van der Waals surface area contributed by atoms with Gasteiger partial charge >= 0.3 is 5.97 Å². The van der Waals surface area contributed by atoms with E-state index in [1.165, 1.54) is 12.4 Å². The van der Waals surface area contributed by atoms with Crippen molar-refractivity contribution in [3.05, 3.63) is 47.8 Å². The van der Waals surface area contributed by atoms with Crippen LogP contribution in [0.1, 0.15) is 30.9 Å². The first-order valence-electron chi connectivity index (χ1n) is 7.52. The fraction of sp³-hybridized carbons (Fsp3) is 0.294. The fourth-order valence-corrected chi connectivity index (χ4v) is 2.09. The molecule has 2 aromatic rings. The first-order chi connectivity index (χ1) is 11.5. The molecule has 1 heterocycles. The molecule has 0 saturated carbocycles. The first kappa shape index (κ1) is 17.2. The van der Waals surface area contributed by atoms with Crippen LogP contribution in [0.15, 0.2) is 36.7 Å². The Balaban J connectivity index is 1.87. The number of carbonyl (C=O) groups is 2. The van der Waals surface area contributed by atoms with Crippen LogP contribution >= 0.6 is 0 Å². The number of amides is 1. The average molecular weight is 326 g/mol. The number of aryl methyl sites for hydroxylation is 1. The van der Waals surface area contributed by atoms with Crippen LogP contribution in [0.4, 0.5) is 5.69 Å². The molecule has 1 aromatic heterocycles. The molecular formula is C17H18N4O3. The predicted octanol–water partition coefficient (Wildman–Crippen LogP) is 2.07. The number of carbonyl (C=O) groups excluding carboxylic acids is 2. The lowest BCUT2D eigenvalue weighted by molar-refractivity contribution is -0.150. The molecule has 0 spiro atoms. The van der Waals surface area contributed by atoms with Crippen LogP contribution in [0.3, 0.4) is 0 Å². The van der Waals surface area contributed by atoms with E-state index in [0.29, 0.717) is 17.7 Å². The Morgan fingerprint density at radius 3 is 2.88 bits per heavy atom. The minimum absolute atomic E-state index is 0.147. The van der Waals surface area contributed by atoms with E-state index in [2.05, 4.69) is 16.5 Å². The van der Waals surface area contributed by atoms with E-state index in [1.807, 2.05) is 13.0 Å². The van der Waals surface area contributed by atoms with E-state index in [0.717, 1.165) is 10.4 Å². The molecule has 1 aromatic carbocycles. The third kappa shape index (κ3) is 4.43. The molecule has 0 aliphatic heterocycles. The van der Waals surface area contributed by atoms with Gasteiger partial charge in [0.15, 0.2) is 0 Å². The Kier molecular flexibility index (Phi) is 5.68. The Hall–Kier alpha value is -3.14. The molecule has 0 fully saturated rings. The van der Waals surface area contributed by atoms with Crippen molar-refractivity contribution in [1.82, 2.24) is 9.94 Å². The lowest BCUT2D eigenvalue weighted by Crippen LogP contribution is -2.27. The number of hydrogen-bond acceptors (Lipinski definition) is 5. The number of hydrogen-bond donors (Lipinski definition) is 1. The second-order valence-electron chi connectivity index (χ2n) is 5.42. The third-order valence-electron chi connectivity index (χ3n) is 3.53. The number of nitrogens with zero attached hydrogens (tertiary/aromatic N) is 3. The largest absolute Gasteiger partial charge is 0.337 e. The lowest BCUT2D eigenvalue weighted by Gasteiger charge is -2.12. The maximum absolute atomic E-state index is 12.1. The highest BCUT2D eigenvalue weighted by molar-refractivity contribution is 5.93. The number of rotatable bonds is 6. The highest BCUT2D eigenvalue weighted by Gasteiger charge is 2.18. The van der Waals surface area contributed by atoms with Crippen molar-refractivity contribution in [3.8, 4) is 6.07 Å². The quantitative estimate of drug-likeness (QED) is 0.876. The Bertz CT molecular complexity index is 763. The maximum atomic E-state index is 12.1. The van der Waals surface area contributed by atoms with Gasteiger partial charge in [-0.1, -0.05) is 23.9 Å². The SMILES string of the molecule is Cc1cccc(C#N)c1NC(=O)CCC(C)C(=O)On1cccn1. The summed E-state index contributed by atoms with van der Waals surface area (Å²) < 4.78 is 0. The van der Waals surface area contributed by atoms with E-state index in [4.69, 9.17) is 10.1 Å². The van der Waals surface area contributed by atoms with E-state index in [-0.39, 0.29) is 12.3 Å². The van der Waals surface area contributed by atoms with Crippen LogP contribution < -0.4 is 10.2 Å². The smallest absolute Gasteiger partial charge is 0.325 e. The van der Waals surface area contributed by atoms with Crippen molar-refractivity contribution in [3.63, 3.8) is 0 Å². The first-order valence-corrected chi connectivity index (χ1v) is 7.52. The molecular weight excluding hydrogens is 308 g/mol. The number of anilines is 1. The summed E-state index contributed by atoms with van der Waals surface area (Å²) in [6.45, 7) is 3.51. The second-order valence-corrected chi connectivity index (χ2v) is 5.42. The van der Waals surface area contributed by atoms with Crippen molar-refractivity contribution in [2.24, 2.45) is 5.92 Å². The summed E-state index contributed by atoms with van der Waals surface area (Å²) >= 11 is 0. The molecule has 1 N–H and O–H groups in total. The van der Waals surface area contributed by atoms with Gasteiger partial charge in [-0.25, -0.2) is 4.79 Å². The summed E-state index contributed by atoms with van der Waals surface area (Å²) in [5.74, 6) is -1.16. The van der Waals surface area contributed by atoms with Gasteiger partial charge in [0.1, 0.15) is 6.07 Å². The van der Waals surface area contributed by atoms with Gasteiger partial charge in [0.05, 0.1) is 29.6 Å². The van der Waals surface area contributed by atoms with Crippen molar-refractivity contribution < 1.29 is 14.4 Å². The molecule has 1 amide bonds. The molecule has 1 unspecified atom stereocenters. The Morgan fingerprint density at radius 1 is 1.42 bits per heavy atom. The highest BCUT2D eigenvalue weighted by Crippen LogP contribution is 2.20. The van der Waals surface area contributed by atoms with Gasteiger partial charge in [-0.15, -0.1) is 5.10 Å². The molecule has 124 valence electrons. The predicted molar refractivity (Wildman–Crippen MR) is 86.7 cm³/mol. The second kappa shape index (κ2) is 7.92. The van der Waals surface area contributed by atoms with Crippen molar-refractivity contribution in [2.45, 2.75) is 26.7 Å². The van der Waals surface area contributed by atoms with Crippen LogP contribution in [0.2, 0.25) is 0 Å². The molecule has 0 aliphatic carbocycles. The summed E-state index contributed by atoms with van der Waals surface area (Å²) in [5.41, 5.74) is 1.74. The zero-order valence-electron chi connectivity index (χ0n) is 13.5. The monoisotopic (exact) mass is 326 g/mol. The molecule has 24 heavy (non-hydrogen) atoms. The standard InChI is InChI=1S/C17H18N4O3/c1-12-5-3-6-14(11-18)16(12)20-15(22)8-7-13(2)17(23)24-21-10-4-9-19-21/h3-6,9-10,13H,7-8H2,1-2H3,(H,20,22). The molecule has 0 bridgehead atoms. The molecule has 7 nitrogen and oxygen atoms in total. The summed E-state index contributed by atoms with van der Waals surface area (Å²) in [6, 6.07) is 8.92. The number of para-hydroxylation sites is 1. The van der Waals surface area contributed by atoms with E-state index in [1.54, 1.807) is 25.1 Å². The van der Waals surface area contributed by atoms with Gasteiger partial charge in [0.25, 0.3) is 0 Å². The number of nitrogens with one attached hydrogen (secondary N) is 1. The number of nitriles is 1. The Labute approximate surface area is 139 Å². The number of benzene rings is 1. The summed E-state index contributed by atoms with van der Waals surface area (Å²) in [4.78, 5) is 30.1. The summed E-state index contributed by atoms with van der Waals surface area (Å²) in [5, 5.41) is 15.6. The average Bonchev–Trinajstić information content (AvgIpc) is 3.07. The van der Waals surface area contributed by atoms with Crippen molar-refractivity contribution in [2.75, 3.05) is 5.32 Å². The van der Waals surface area contributed by atoms with E-state index < -0.39 is 11.9 Å². The van der Waals surface area contributed by atoms with Gasteiger partial charge in [0, 0.05) is 6.42 Å². The van der Waals surface area contributed by atoms with Crippen molar-refractivity contribution in [1.29, 1.82) is 5.26 Å². The van der Waals surface area contributed by atoms with E-state index in [9.17, 15) is 9.59 Å². The Morgan fingerprint density at radius 2 is 2.21 bits per heavy atom. The molecule has 1 atom stereocenters. The number of aromatic nitrogens is 2. The lowest BCUT2D eigenvalue weighted by atomic mass is 10.0. The normalized spacial score (nSPS) is 11.4. The molecule has 7 heteroatoms. The third-order valence-corrected chi connectivity index (χ3v) is 3.53.